The van der Waals surface area contributed by atoms with E-state index in [1.807, 2.05) is 0 Å². The van der Waals surface area contributed by atoms with E-state index in [4.69, 9.17) is 9.05 Å². The van der Waals surface area contributed by atoms with Gasteiger partial charge in [-0.3, -0.25) is 33.5 Å². The Balaban J connectivity index is 1.13. The van der Waals surface area contributed by atoms with Gasteiger partial charge in [0.15, 0.2) is 10.2 Å². The van der Waals surface area contributed by atoms with Gasteiger partial charge in [-0.2, -0.15) is 8.78 Å². The minimum Gasteiger partial charge on any atom is -0.340 e. The van der Waals surface area contributed by atoms with E-state index in [0.717, 1.165) is 47.0 Å². The minimum absolute atomic E-state index is 0.0499. The number of hydrogen-bond acceptors (Lipinski definition) is 12. The smallest absolute Gasteiger partial charge is 0.340 e. The first-order chi connectivity index (χ1) is 28.6. The van der Waals surface area contributed by atoms with Crippen LogP contribution in [0.1, 0.15) is 100 Å². The van der Waals surface area contributed by atoms with Crippen molar-refractivity contribution < 1.29 is 50.8 Å². The fourth-order valence-electron chi connectivity index (χ4n) is 7.44. The number of carbonyl (C=O) groups is 5. The van der Waals surface area contributed by atoms with Crippen molar-refractivity contribution in [3.05, 3.63) is 64.5 Å². The molecule has 3 atom stereocenters. The Morgan fingerprint density at radius 3 is 2.16 bits per heavy atom. The maximum atomic E-state index is 16.4. The number of thiophene rings is 1. The largest absolute Gasteiger partial charge is 0.404 e. The Morgan fingerprint density at radius 1 is 0.918 bits per heavy atom. The summed E-state index contributed by atoms with van der Waals surface area (Å²) in [6, 6.07) is 4.52. The van der Waals surface area contributed by atoms with Crippen molar-refractivity contribution in [3.8, 4) is 0 Å². The number of likely N-dealkylation sites (tertiary alicyclic amines) is 1. The van der Waals surface area contributed by atoms with E-state index in [2.05, 4.69) is 10.3 Å². The summed E-state index contributed by atoms with van der Waals surface area (Å²) in [7, 11) is -5.26. The molecule has 1 N–H and O–H groups in total. The lowest BCUT2D eigenvalue weighted by Crippen LogP contribution is -2.58. The molecule has 3 amide bonds. The number of pyridine rings is 1. The minimum atomic E-state index is -5.26. The van der Waals surface area contributed by atoms with Crippen LogP contribution in [0, 0.1) is 16.6 Å². The van der Waals surface area contributed by atoms with Crippen LogP contribution in [-0.4, -0.2) is 98.7 Å². The monoisotopic (exact) mass is 924 g/mol. The highest BCUT2D eigenvalue weighted by molar-refractivity contribution is 8.14. The van der Waals surface area contributed by atoms with Gasteiger partial charge in [-0.05, 0) is 61.8 Å². The van der Waals surface area contributed by atoms with Crippen LogP contribution in [0.5, 0.6) is 0 Å². The second-order valence-electron chi connectivity index (χ2n) is 17.6. The fourth-order valence-corrected chi connectivity index (χ4v) is 11.7. The number of rotatable bonds is 14. The molecule has 61 heavy (non-hydrogen) atoms. The number of aromatic nitrogens is 1. The van der Waals surface area contributed by atoms with Crippen LogP contribution in [0.2, 0.25) is 0 Å². The number of benzene rings is 1. The summed E-state index contributed by atoms with van der Waals surface area (Å²) < 4.78 is 72.3. The van der Waals surface area contributed by atoms with E-state index >= 15 is 8.78 Å². The quantitative estimate of drug-likeness (QED) is 0.122. The van der Waals surface area contributed by atoms with Gasteiger partial charge in [0.2, 0.25) is 11.8 Å². The van der Waals surface area contributed by atoms with E-state index in [-0.39, 0.29) is 61.6 Å². The molecular weight excluding hydrogens is 873 g/mol. The average molecular weight is 925 g/mol. The van der Waals surface area contributed by atoms with Gasteiger partial charge >= 0.3 is 13.3 Å². The molecule has 5 heterocycles. The molecule has 3 saturated heterocycles. The van der Waals surface area contributed by atoms with Crippen molar-refractivity contribution in [2.24, 2.45) is 10.8 Å². The molecule has 6 rings (SSSR count). The van der Waals surface area contributed by atoms with Crippen LogP contribution in [0.4, 0.5) is 13.2 Å². The first kappa shape index (κ1) is 47.2. The maximum Gasteiger partial charge on any atom is 0.404 e. The van der Waals surface area contributed by atoms with Gasteiger partial charge in [-0.15, -0.1) is 11.3 Å². The summed E-state index contributed by atoms with van der Waals surface area (Å²) in [6.45, 7) is 10.00. The van der Waals surface area contributed by atoms with E-state index in [9.17, 15) is 32.9 Å². The molecule has 0 radical (unpaired) electrons. The number of amides is 3. The van der Waals surface area contributed by atoms with Gasteiger partial charge in [0.25, 0.3) is 5.91 Å². The third-order valence-electron chi connectivity index (χ3n) is 10.9. The van der Waals surface area contributed by atoms with Gasteiger partial charge in [0.1, 0.15) is 17.9 Å². The molecule has 0 spiro atoms. The number of halogens is 3. The molecule has 12 nitrogen and oxygen atoms in total. The Kier molecular flexibility index (Phi) is 14.6. The zero-order valence-electron chi connectivity index (χ0n) is 35.0. The molecule has 332 valence electrons. The zero-order valence-corrected chi connectivity index (χ0v) is 38.4. The number of nitrogens with one attached hydrogen (secondary N) is 1. The molecule has 3 fully saturated rings. The third kappa shape index (κ3) is 10.6. The Morgan fingerprint density at radius 2 is 1.56 bits per heavy atom. The predicted molar refractivity (Wildman–Crippen MR) is 231 cm³/mol. The van der Waals surface area contributed by atoms with Gasteiger partial charge in [-0.25, -0.2) is 4.39 Å². The zero-order chi connectivity index (χ0) is 44.5. The van der Waals surface area contributed by atoms with Crippen molar-refractivity contribution in [1.29, 1.82) is 0 Å². The number of hydrogen-bond donors (Lipinski definition) is 1. The fraction of sp³-hybridized carbons (Fsp3) is 0.571. The van der Waals surface area contributed by atoms with Crippen LogP contribution in [0.25, 0.3) is 10.1 Å². The first-order valence-corrected chi connectivity index (χ1v) is 24.6. The summed E-state index contributed by atoms with van der Waals surface area (Å²) >= 11 is 2.78. The standard InChI is InChI=1S/C42H52F3N4O8PS3/c1-40(2,3)38(53)59-18-16-56-58(55,57-17-19-60-39(54)41(4,5)6)42(44,45)27-10-13-33-25(20-27)21-34(61-33)35(50)47-31-9-7-8-28-11-12-32(49(28)36(31)51)37(52)48-23-26(24-48)29-22-46-15-14-30(29)43/h10,13-15,20-22,26,28,31-32H,7-9,11-12,16-19,23-24H2,1-6H3,(H,47,50)/t28-,31-,32-/m0/s1. The summed E-state index contributed by atoms with van der Waals surface area (Å²) in [6.07, 6.45) is 5.63. The highest BCUT2D eigenvalue weighted by Crippen LogP contribution is 2.67. The molecule has 0 unspecified atom stereocenters. The second kappa shape index (κ2) is 18.8. The summed E-state index contributed by atoms with van der Waals surface area (Å²) in [5.74, 6) is -1.80. The summed E-state index contributed by atoms with van der Waals surface area (Å²) in [4.78, 5) is 73.6. The Hall–Kier alpha value is -3.28. The number of nitrogens with zero attached hydrogens (tertiary/aromatic N) is 3. The van der Waals surface area contributed by atoms with Crippen molar-refractivity contribution >= 4 is 80.5 Å². The van der Waals surface area contributed by atoms with Crippen molar-refractivity contribution in [2.75, 3.05) is 37.8 Å². The highest BCUT2D eigenvalue weighted by Gasteiger charge is 2.55. The van der Waals surface area contributed by atoms with Gasteiger partial charge in [0, 0.05) is 75.6 Å². The molecule has 19 heteroatoms. The average Bonchev–Trinajstić information content (AvgIpc) is 3.77. The van der Waals surface area contributed by atoms with Gasteiger partial charge < -0.3 is 24.2 Å². The Bertz CT molecular complexity index is 2170. The second-order valence-corrected chi connectivity index (χ2v) is 22.9. The summed E-state index contributed by atoms with van der Waals surface area (Å²) in [5, 5.41) is 2.70. The molecule has 1 aromatic carbocycles. The SMILES string of the molecule is CC(C)(C)C(=O)SCCOP(=O)(OCCSC(=O)C(C)(C)C)C(F)(F)c1ccc2sc(C(=O)N[C@H]3CCC[C@H]4CC[C@@H](C(=O)N5CC(c6cnccc6F)C5)N4C3=O)cc2c1. The van der Waals surface area contributed by atoms with Gasteiger partial charge in [0.05, 0.1) is 18.1 Å². The molecule has 0 saturated carbocycles. The molecule has 3 aliphatic rings. The van der Waals surface area contributed by atoms with Crippen LogP contribution < -0.4 is 5.32 Å². The van der Waals surface area contributed by atoms with Crippen LogP contribution >= 0.6 is 42.5 Å². The Labute approximate surface area is 366 Å². The molecule has 0 aliphatic carbocycles. The lowest BCUT2D eigenvalue weighted by atomic mass is 9.91. The number of thioether (sulfide) groups is 2. The van der Waals surface area contributed by atoms with Gasteiger partial charge in [-0.1, -0.05) is 71.1 Å². The summed E-state index contributed by atoms with van der Waals surface area (Å²) in [5.41, 5.74) is -5.77. The van der Waals surface area contributed by atoms with E-state index < -0.39 is 60.9 Å². The van der Waals surface area contributed by atoms with E-state index in [0.29, 0.717) is 55.5 Å². The molecule has 0 bridgehead atoms. The first-order valence-electron chi connectivity index (χ1n) is 20.3. The number of fused-ring (bicyclic) bond motifs is 2. The lowest BCUT2D eigenvalue weighted by Gasteiger charge is -2.42. The number of carbonyl (C=O) groups excluding carboxylic acids is 5. The lowest BCUT2D eigenvalue weighted by molar-refractivity contribution is -0.148. The topological polar surface area (TPSA) is 152 Å². The van der Waals surface area contributed by atoms with Crippen LogP contribution in [0.15, 0.2) is 42.7 Å². The van der Waals surface area contributed by atoms with E-state index in [1.165, 1.54) is 30.6 Å². The normalized spacial score (nSPS) is 20.3. The van der Waals surface area contributed by atoms with Crippen molar-refractivity contribution in [2.45, 2.75) is 103 Å². The highest BCUT2D eigenvalue weighted by atomic mass is 32.2. The van der Waals surface area contributed by atoms with E-state index in [1.54, 1.807) is 51.3 Å². The predicted octanol–water partition coefficient (Wildman–Crippen LogP) is 8.59. The third-order valence-corrected chi connectivity index (χ3v) is 16.5. The van der Waals surface area contributed by atoms with Crippen LogP contribution in [-0.2, 0) is 38.5 Å². The molecular formula is C42H52F3N4O8PS3. The van der Waals surface area contributed by atoms with Crippen LogP contribution in [0.3, 0.4) is 0 Å². The van der Waals surface area contributed by atoms with Crippen molar-refractivity contribution in [3.63, 3.8) is 0 Å². The molecule has 3 aliphatic heterocycles. The maximum absolute atomic E-state index is 16.4. The number of alkyl halides is 2. The molecule has 2 aromatic heterocycles. The van der Waals surface area contributed by atoms with Crippen molar-refractivity contribution in [1.82, 2.24) is 20.1 Å². The molecule has 3 aromatic rings.